The Morgan fingerprint density at radius 1 is 1.29 bits per heavy atom. The molecular weight excluding hydrogens is 244 g/mol. The second kappa shape index (κ2) is 6.86. The van der Waals surface area contributed by atoms with Gasteiger partial charge in [-0.1, -0.05) is 46.2 Å². The summed E-state index contributed by atoms with van der Waals surface area (Å²) in [6, 6.07) is 6.47. The van der Waals surface area contributed by atoms with Crippen LogP contribution < -0.4 is 8.43 Å². The predicted octanol–water partition coefficient (Wildman–Crippen LogP) is 3.65. The van der Waals surface area contributed by atoms with Gasteiger partial charge in [0.05, 0.1) is 12.4 Å². The molecular formula is C14H21ClMgO. The van der Waals surface area contributed by atoms with Crippen LogP contribution in [0.2, 0.25) is 0 Å². The smallest absolute Gasteiger partial charge is 0.496 e. The highest BCUT2D eigenvalue weighted by molar-refractivity contribution is 7.01. The van der Waals surface area contributed by atoms with Crippen LogP contribution in [-0.2, 0) is 5.41 Å². The van der Waals surface area contributed by atoms with Crippen LogP contribution in [0.5, 0.6) is 5.75 Å². The number of ether oxygens (including phenoxy) is 1. The molecule has 0 N–H and O–H groups in total. The maximum absolute atomic E-state index is 6.13. The van der Waals surface area contributed by atoms with Gasteiger partial charge in [-0.25, -0.2) is 0 Å². The van der Waals surface area contributed by atoms with Crippen LogP contribution in [0.1, 0.15) is 46.1 Å². The lowest BCUT2D eigenvalue weighted by Crippen LogP contribution is -2.19. The van der Waals surface area contributed by atoms with E-state index in [1.807, 2.05) is 0 Å². The summed E-state index contributed by atoms with van der Waals surface area (Å²) >= 11 is -0.704. The average Bonchev–Trinajstić information content (AvgIpc) is 2.28. The molecule has 0 aliphatic rings. The highest BCUT2D eigenvalue weighted by Crippen LogP contribution is 2.23. The summed E-state index contributed by atoms with van der Waals surface area (Å²) in [6.45, 7) is 9.63. The molecule has 0 radical (unpaired) electrons. The van der Waals surface area contributed by atoms with Crippen molar-refractivity contribution < 1.29 is 4.74 Å². The van der Waals surface area contributed by atoms with Crippen LogP contribution in [0.3, 0.4) is 0 Å². The van der Waals surface area contributed by atoms with Gasteiger partial charge in [-0.05, 0) is 23.5 Å². The zero-order valence-corrected chi connectivity index (χ0v) is 13.5. The van der Waals surface area contributed by atoms with E-state index >= 15 is 0 Å². The van der Waals surface area contributed by atoms with Gasteiger partial charge < -0.3 is 13.8 Å². The topological polar surface area (TPSA) is 9.23 Å². The third kappa shape index (κ3) is 4.68. The summed E-state index contributed by atoms with van der Waals surface area (Å²) in [5.74, 6) is 0.994. The Labute approximate surface area is 118 Å². The molecule has 1 nitrogen and oxygen atoms in total. The fraction of sp³-hybridized carbons (Fsp3) is 0.571. The Bertz CT molecular complexity index is 358. The zero-order valence-electron chi connectivity index (χ0n) is 11.3. The Hall–Kier alpha value is 0.0762. The molecule has 0 saturated carbocycles. The predicted molar refractivity (Wildman–Crippen MR) is 76.8 cm³/mol. The molecule has 1 aromatic rings. The molecule has 3 heteroatoms. The van der Waals surface area contributed by atoms with Crippen molar-refractivity contribution in [2.75, 3.05) is 6.61 Å². The maximum atomic E-state index is 6.13. The maximum Gasteiger partial charge on any atom is 0.543 e. The zero-order chi connectivity index (χ0) is 12.9. The van der Waals surface area contributed by atoms with Crippen molar-refractivity contribution >= 4 is 32.0 Å². The fourth-order valence-corrected chi connectivity index (χ4v) is 2.89. The van der Waals surface area contributed by atoms with E-state index in [0.29, 0.717) is 0 Å². The van der Waals surface area contributed by atoms with Crippen LogP contribution in [0.4, 0.5) is 0 Å². The van der Waals surface area contributed by atoms with E-state index in [4.69, 9.17) is 13.8 Å². The summed E-state index contributed by atoms with van der Waals surface area (Å²) < 4.78 is 7.02. The molecule has 0 bridgehead atoms. The van der Waals surface area contributed by atoms with E-state index in [9.17, 15) is 0 Å². The molecule has 0 aliphatic heterocycles. The van der Waals surface area contributed by atoms with Gasteiger partial charge in [-0.3, -0.25) is 0 Å². The average molecular weight is 265 g/mol. The van der Waals surface area contributed by atoms with Gasteiger partial charge >= 0.3 is 19.3 Å². The van der Waals surface area contributed by atoms with Crippen molar-refractivity contribution in [2.24, 2.45) is 0 Å². The number of unbranched alkanes of at least 4 members (excludes halogenated alkanes) is 1. The van der Waals surface area contributed by atoms with Crippen LogP contribution >= 0.6 is 9.07 Å². The Morgan fingerprint density at radius 3 is 2.53 bits per heavy atom. The third-order valence-electron chi connectivity index (χ3n) is 2.83. The standard InChI is InChI=1S/C14H21O.ClH.Mg/c1-5-6-11-15-13-9-7-12(8-10-13)14(2,3)4;;/h7-9H,5-6,11H2,1-4H3;1H;/q;;+1/p-1. The number of hydrogen-bond acceptors (Lipinski definition) is 1. The largest absolute Gasteiger partial charge is 0.543 e. The highest BCUT2D eigenvalue weighted by atomic mass is 35.5. The molecule has 0 amide bonds. The van der Waals surface area contributed by atoms with Crippen molar-refractivity contribution in [1.29, 1.82) is 0 Å². The number of halogens is 1. The van der Waals surface area contributed by atoms with Gasteiger partial charge in [0.1, 0.15) is 0 Å². The number of rotatable bonds is 5. The first-order chi connectivity index (χ1) is 7.99. The molecule has 0 unspecified atom stereocenters. The molecule has 0 heterocycles. The van der Waals surface area contributed by atoms with E-state index in [-0.39, 0.29) is 5.41 Å². The summed E-state index contributed by atoms with van der Waals surface area (Å²) in [5.41, 5.74) is 1.51. The molecule has 0 fully saturated rings. The minimum atomic E-state index is -0.704. The lowest BCUT2D eigenvalue weighted by Gasteiger charge is -2.21. The van der Waals surface area contributed by atoms with Gasteiger partial charge in [0.25, 0.3) is 0 Å². The monoisotopic (exact) mass is 264 g/mol. The minimum absolute atomic E-state index is 0.178. The molecule has 1 aromatic carbocycles. The van der Waals surface area contributed by atoms with Crippen molar-refractivity contribution in [3.8, 4) is 5.75 Å². The summed E-state index contributed by atoms with van der Waals surface area (Å²) in [4.78, 5) is 0. The van der Waals surface area contributed by atoms with Crippen molar-refractivity contribution in [1.82, 2.24) is 0 Å². The molecule has 0 saturated heterocycles. The molecule has 0 atom stereocenters. The van der Waals surface area contributed by atoms with E-state index in [1.54, 1.807) is 0 Å². The summed E-state index contributed by atoms with van der Waals surface area (Å²) in [5, 5.41) is 0. The number of hydrogen-bond donors (Lipinski definition) is 0. The molecule has 1 rings (SSSR count). The Kier molecular flexibility index (Phi) is 6.11. The van der Waals surface area contributed by atoms with Gasteiger partial charge in [-0.15, -0.1) is 3.69 Å². The molecule has 0 aromatic heterocycles. The van der Waals surface area contributed by atoms with E-state index in [1.165, 1.54) is 9.26 Å². The third-order valence-corrected chi connectivity index (χ3v) is 4.53. The van der Waals surface area contributed by atoms with Gasteiger partial charge in [0, 0.05) is 0 Å². The quantitative estimate of drug-likeness (QED) is 0.583. The molecule has 0 aliphatic carbocycles. The fourth-order valence-electron chi connectivity index (χ4n) is 1.62. The van der Waals surface area contributed by atoms with Crippen LogP contribution in [0.25, 0.3) is 0 Å². The van der Waals surface area contributed by atoms with E-state index in [2.05, 4.69) is 45.9 Å². The second-order valence-corrected chi connectivity index (χ2v) is 7.24. The van der Waals surface area contributed by atoms with Crippen LogP contribution in [0.15, 0.2) is 18.2 Å². The van der Waals surface area contributed by atoms with Gasteiger partial charge in [0.2, 0.25) is 0 Å². The second-order valence-electron chi connectivity index (χ2n) is 5.41. The molecule has 92 valence electrons. The highest BCUT2D eigenvalue weighted by Gasteiger charge is 2.16. The Morgan fingerprint density at radius 2 is 2.00 bits per heavy atom. The van der Waals surface area contributed by atoms with Crippen molar-refractivity contribution in [3.63, 3.8) is 0 Å². The Balaban J connectivity index is 2.86. The van der Waals surface area contributed by atoms with E-state index in [0.717, 1.165) is 25.2 Å². The molecule has 0 spiro atoms. The number of benzene rings is 1. The first-order valence-corrected chi connectivity index (χ1v) is 9.15. The van der Waals surface area contributed by atoms with Crippen LogP contribution in [0, 0.1) is 0 Å². The van der Waals surface area contributed by atoms with Crippen molar-refractivity contribution in [2.45, 2.75) is 46.0 Å². The van der Waals surface area contributed by atoms with Crippen LogP contribution in [-0.4, -0.2) is 25.9 Å². The SMILES string of the molecule is CCCCOc1ccc(C(C)(C)C)c[c]1[Mg][Cl]. The lowest BCUT2D eigenvalue weighted by atomic mass is 9.87. The van der Waals surface area contributed by atoms with E-state index < -0.39 is 19.3 Å². The summed E-state index contributed by atoms with van der Waals surface area (Å²) in [6.07, 6.45) is 2.26. The first-order valence-electron chi connectivity index (χ1n) is 6.31. The normalized spacial score (nSPS) is 11.1. The lowest BCUT2D eigenvalue weighted by molar-refractivity contribution is 0.311. The first kappa shape index (κ1) is 15.1. The van der Waals surface area contributed by atoms with Gasteiger partial charge in [-0.2, -0.15) is 0 Å². The van der Waals surface area contributed by atoms with Gasteiger partial charge in [0.15, 0.2) is 0 Å². The van der Waals surface area contributed by atoms with Crippen molar-refractivity contribution in [3.05, 3.63) is 23.8 Å². The molecule has 17 heavy (non-hydrogen) atoms. The minimum Gasteiger partial charge on any atom is -0.496 e. The summed E-state index contributed by atoms with van der Waals surface area (Å²) in [7, 11) is 6.13.